The van der Waals surface area contributed by atoms with Gasteiger partial charge in [-0.1, -0.05) is 315 Å². The predicted octanol–water partition coefficient (Wildman–Crippen LogP) is 21.2. The molecule has 3 atom stereocenters. The molecule has 0 aromatic heterocycles. The topological polar surface area (TPSA) is 155 Å². The highest BCUT2D eigenvalue weighted by atomic mass is 31.2. The molecule has 0 rings (SSSR count). The lowest BCUT2D eigenvalue weighted by Crippen LogP contribution is -2.30. The molecule has 3 unspecified atom stereocenters. The van der Waals surface area contributed by atoms with Gasteiger partial charge in [-0.3, -0.25) is 23.4 Å². The second kappa shape index (κ2) is 63.2. The molecule has 0 amide bonds. The molecule has 0 aliphatic carbocycles. The molecule has 12 heteroatoms. The van der Waals surface area contributed by atoms with Crippen molar-refractivity contribution in [3.8, 4) is 0 Å². The standard InChI is InChI=1S/C68H131O11P/c1-4-7-10-13-16-19-22-25-28-30-32-34-37-39-42-45-48-51-54-57-66(70)75-61-65(79-68(72)59-56-53-50-47-44-41-38-35-33-31-29-26-23-20-17-14-11-8-5-2)63-77-80(73,74)76-62-64(60-69)78-67(71)58-55-52-49-46-43-40-36-27-24-21-18-15-12-9-6-3/h27,36,64-65,69H,4-26,28-35,37-63H2,1-3H3,(H,73,74)/b36-27-. The first-order chi connectivity index (χ1) is 39.2. The van der Waals surface area contributed by atoms with Gasteiger partial charge in [0.2, 0.25) is 0 Å². The quantitative estimate of drug-likeness (QED) is 0.0197. The Hall–Kier alpha value is -1.78. The summed E-state index contributed by atoms with van der Waals surface area (Å²) in [7, 11) is -4.75. The Morgan fingerprint density at radius 1 is 0.338 bits per heavy atom. The second-order valence-corrected chi connectivity index (χ2v) is 25.2. The van der Waals surface area contributed by atoms with Crippen LogP contribution in [-0.4, -0.2) is 66.5 Å². The van der Waals surface area contributed by atoms with Crippen molar-refractivity contribution in [2.24, 2.45) is 0 Å². The molecule has 0 aromatic carbocycles. The normalized spacial score (nSPS) is 13.2. The molecule has 0 aromatic rings. The van der Waals surface area contributed by atoms with E-state index in [2.05, 4.69) is 32.9 Å². The van der Waals surface area contributed by atoms with Crippen molar-refractivity contribution in [2.45, 2.75) is 380 Å². The molecule has 0 saturated heterocycles. The van der Waals surface area contributed by atoms with E-state index in [9.17, 15) is 28.9 Å². The average Bonchev–Trinajstić information content (AvgIpc) is 3.45. The van der Waals surface area contributed by atoms with Gasteiger partial charge in [-0.05, 0) is 44.9 Å². The number of phosphoric acid groups is 1. The third kappa shape index (κ3) is 60.8. The van der Waals surface area contributed by atoms with Crippen LogP contribution in [0.4, 0.5) is 0 Å². The first-order valence-corrected chi connectivity index (χ1v) is 36.1. The van der Waals surface area contributed by atoms with Crippen molar-refractivity contribution in [1.82, 2.24) is 0 Å². The highest BCUT2D eigenvalue weighted by molar-refractivity contribution is 7.47. The van der Waals surface area contributed by atoms with Crippen LogP contribution in [-0.2, 0) is 42.2 Å². The molecule has 474 valence electrons. The molecule has 0 aliphatic heterocycles. The summed E-state index contributed by atoms with van der Waals surface area (Å²) in [6.07, 6.45) is 65.9. The van der Waals surface area contributed by atoms with Crippen LogP contribution in [0.2, 0.25) is 0 Å². The number of ether oxygens (including phenoxy) is 3. The summed E-state index contributed by atoms with van der Waals surface area (Å²) in [5, 5.41) is 9.86. The Balaban J connectivity index is 4.63. The number of carbonyl (C=O) groups excluding carboxylic acids is 3. The predicted molar refractivity (Wildman–Crippen MR) is 335 cm³/mol. The highest BCUT2D eigenvalue weighted by Crippen LogP contribution is 2.43. The molecular weight excluding hydrogens is 1020 g/mol. The fourth-order valence-corrected chi connectivity index (χ4v) is 11.2. The van der Waals surface area contributed by atoms with E-state index < -0.39 is 57.8 Å². The Labute approximate surface area is 494 Å². The average molecular weight is 1160 g/mol. The van der Waals surface area contributed by atoms with E-state index in [0.717, 1.165) is 77.0 Å². The Morgan fingerprint density at radius 3 is 0.863 bits per heavy atom. The van der Waals surface area contributed by atoms with Crippen molar-refractivity contribution in [2.75, 3.05) is 26.4 Å². The fraction of sp³-hybridized carbons (Fsp3) is 0.926. The lowest BCUT2D eigenvalue weighted by atomic mass is 10.0. The number of hydrogen-bond donors (Lipinski definition) is 2. The first-order valence-electron chi connectivity index (χ1n) is 34.6. The number of aliphatic hydroxyl groups excluding tert-OH is 1. The molecule has 80 heavy (non-hydrogen) atoms. The van der Waals surface area contributed by atoms with Crippen molar-refractivity contribution >= 4 is 25.7 Å². The molecule has 0 fully saturated rings. The van der Waals surface area contributed by atoms with Crippen molar-refractivity contribution < 1.29 is 52.2 Å². The lowest BCUT2D eigenvalue weighted by molar-refractivity contribution is -0.161. The summed E-state index contributed by atoms with van der Waals surface area (Å²) in [6.45, 7) is 4.74. The zero-order chi connectivity index (χ0) is 58.3. The van der Waals surface area contributed by atoms with Gasteiger partial charge >= 0.3 is 25.7 Å². The molecule has 0 saturated carbocycles. The number of hydrogen-bond acceptors (Lipinski definition) is 10. The van der Waals surface area contributed by atoms with E-state index in [4.69, 9.17) is 23.3 Å². The maximum atomic E-state index is 13.0. The minimum atomic E-state index is -4.75. The zero-order valence-corrected chi connectivity index (χ0v) is 53.7. The van der Waals surface area contributed by atoms with Crippen LogP contribution in [0.25, 0.3) is 0 Å². The van der Waals surface area contributed by atoms with E-state index in [1.807, 2.05) is 0 Å². The summed E-state index contributed by atoms with van der Waals surface area (Å²) in [4.78, 5) is 48.8. The minimum Gasteiger partial charge on any atom is -0.462 e. The molecule has 0 spiro atoms. The number of allylic oxidation sites excluding steroid dienone is 2. The number of unbranched alkanes of at least 4 members (excludes halogenated alkanes) is 47. The summed E-state index contributed by atoms with van der Waals surface area (Å²) in [5.41, 5.74) is 0. The van der Waals surface area contributed by atoms with Crippen molar-refractivity contribution in [1.29, 1.82) is 0 Å². The first kappa shape index (κ1) is 78.2. The van der Waals surface area contributed by atoms with Crippen LogP contribution in [0.5, 0.6) is 0 Å². The third-order valence-electron chi connectivity index (χ3n) is 15.7. The largest absolute Gasteiger partial charge is 0.472 e. The van der Waals surface area contributed by atoms with Gasteiger partial charge in [0.1, 0.15) is 12.7 Å². The maximum absolute atomic E-state index is 13.0. The van der Waals surface area contributed by atoms with Gasteiger partial charge in [0.15, 0.2) is 6.10 Å². The fourth-order valence-electron chi connectivity index (χ4n) is 10.4. The number of carbonyl (C=O) groups is 3. The van der Waals surface area contributed by atoms with E-state index in [1.54, 1.807) is 0 Å². The SMILES string of the molecule is CCCCCCCC/C=C\CCCCCCCC(=O)OC(CO)COP(=O)(O)OCC(COC(=O)CCCCCCCCCCCCCCCCCCCCC)OC(=O)CCCCCCCCCCCCCCCCCCCCC. The van der Waals surface area contributed by atoms with Crippen LogP contribution in [0.3, 0.4) is 0 Å². The zero-order valence-electron chi connectivity index (χ0n) is 52.8. The van der Waals surface area contributed by atoms with E-state index in [-0.39, 0.29) is 25.9 Å². The van der Waals surface area contributed by atoms with E-state index in [1.165, 1.54) is 231 Å². The van der Waals surface area contributed by atoms with E-state index in [0.29, 0.717) is 19.3 Å². The Bertz CT molecular complexity index is 1390. The van der Waals surface area contributed by atoms with Gasteiger partial charge in [-0.15, -0.1) is 0 Å². The van der Waals surface area contributed by atoms with Crippen LogP contribution >= 0.6 is 7.82 Å². The number of rotatable bonds is 66. The number of phosphoric ester groups is 1. The van der Waals surface area contributed by atoms with Gasteiger partial charge < -0.3 is 24.2 Å². The molecule has 2 N–H and O–H groups in total. The van der Waals surface area contributed by atoms with Crippen LogP contribution in [0, 0.1) is 0 Å². The lowest BCUT2D eigenvalue weighted by Gasteiger charge is -2.21. The third-order valence-corrected chi connectivity index (χ3v) is 16.6. The molecular formula is C68H131O11P. The Kier molecular flexibility index (Phi) is 61.8. The number of aliphatic hydroxyl groups is 1. The van der Waals surface area contributed by atoms with Gasteiger partial charge in [0, 0.05) is 19.3 Å². The smallest absolute Gasteiger partial charge is 0.462 e. The number of esters is 3. The molecule has 11 nitrogen and oxygen atoms in total. The van der Waals surface area contributed by atoms with Crippen molar-refractivity contribution in [3.63, 3.8) is 0 Å². The summed E-state index contributed by atoms with van der Waals surface area (Å²) in [5.74, 6) is -1.43. The molecule has 0 radical (unpaired) electrons. The van der Waals surface area contributed by atoms with Crippen LogP contribution < -0.4 is 0 Å². The monoisotopic (exact) mass is 1150 g/mol. The van der Waals surface area contributed by atoms with Crippen LogP contribution in [0.15, 0.2) is 12.2 Å². The minimum absolute atomic E-state index is 0.173. The van der Waals surface area contributed by atoms with Gasteiger partial charge in [-0.25, -0.2) is 4.57 Å². The maximum Gasteiger partial charge on any atom is 0.472 e. The molecule has 0 heterocycles. The van der Waals surface area contributed by atoms with Crippen molar-refractivity contribution in [3.05, 3.63) is 12.2 Å². The Morgan fingerprint density at radius 2 is 0.575 bits per heavy atom. The highest BCUT2D eigenvalue weighted by Gasteiger charge is 2.28. The van der Waals surface area contributed by atoms with Crippen LogP contribution in [0.1, 0.15) is 367 Å². The molecule has 0 aliphatic rings. The molecule has 0 bridgehead atoms. The second-order valence-electron chi connectivity index (χ2n) is 23.7. The summed E-state index contributed by atoms with van der Waals surface area (Å²) < 4.78 is 39.8. The summed E-state index contributed by atoms with van der Waals surface area (Å²) in [6, 6.07) is 0. The van der Waals surface area contributed by atoms with Gasteiger partial charge in [0.25, 0.3) is 0 Å². The van der Waals surface area contributed by atoms with Gasteiger partial charge in [-0.2, -0.15) is 0 Å². The summed E-state index contributed by atoms with van der Waals surface area (Å²) >= 11 is 0. The van der Waals surface area contributed by atoms with Gasteiger partial charge in [0.05, 0.1) is 19.8 Å². The van der Waals surface area contributed by atoms with E-state index >= 15 is 0 Å².